The SMILES string of the molecule is C=C(C)C(C)CCCC.[CH-]=C(CCC)C1=CCCC=[C-]1.[K+]. The molecule has 0 aliphatic heterocycles. The Bertz CT molecular complexity index is 347. The maximum absolute atomic E-state index is 5.82. The minimum atomic E-state index is 0. The molecule has 0 saturated carbocycles. The summed E-state index contributed by atoms with van der Waals surface area (Å²) in [5.41, 5.74) is 3.44. The first-order valence-corrected chi connectivity index (χ1v) is 8.08. The van der Waals surface area contributed by atoms with E-state index >= 15 is 0 Å². The fourth-order valence-electron chi connectivity index (χ4n) is 1.94. The molecular weight excluding hydrogens is 279 g/mol. The van der Waals surface area contributed by atoms with Crippen LogP contribution in [0.5, 0.6) is 0 Å². The number of rotatable bonds is 7. The molecule has 0 aromatic carbocycles. The Morgan fingerprint density at radius 3 is 2.43 bits per heavy atom. The molecule has 1 aliphatic carbocycles. The topological polar surface area (TPSA) is 0 Å². The molecular formula is C20H32K-. The van der Waals surface area contributed by atoms with Crippen LogP contribution in [0.15, 0.2) is 35.5 Å². The molecule has 0 amide bonds. The molecule has 0 N–H and O–H groups in total. The average molecular weight is 312 g/mol. The van der Waals surface area contributed by atoms with Gasteiger partial charge >= 0.3 is 51.4 Å². The van der Waals surface area contributed by atoms with Crippen LogP contribution in [-0.4, -0.2) is 0 Å². The van der Waals surface area contributed by atoms with Crippen molar-refractivity contribution in [3.05, 3.63) is 48.1 Å². The van der Waals surface area contributed by atoms with Gasteiger partial charge in [0.2, 0.25) is 0 Å². The van der Waals surface area contributed by atoms with Crippen LogP contribution in [0.4, 0.5) is 0 Å². The monoisotopic (exact) mass is 311 g/mol. The average Bonchev–Trinajstić information content (AvgIpc) is 2.46. The quantitative estimate of drug-likeness (QED) is 0.383. The zero-order chi connectivity index (χ0) is 15.4. The summed E-state index contributed by atoms with van der Waals surface area (Å²) < 4.78 is 0. The van der Waals surface area contributed by atoms with Crippen LogP contribution in [0.1, 0.15) is 72.6 Å². The maximum Gasteiger partial charge on any atom is 1.00 e. The zero-order valence-corrected chi connectivity index (χ0v) is 18.1. The fraction of sp³-hybridized carbons (Fsp3) is 0.600. The molecule has 21 heavy (non-hydrogen) atoms. The van der Waals surface area contributed by atoms with Gasteiger partial charge in [0.15, 0.2) is 0 Å². The van der Waals surface area contributed by atoms with Gasteiger partial charge in [0.25, 0.3) is 0 Å². The van der Waals surface area contributed by atoms with Gasteiger partial charge in [-0.1, -0.05) is 65.0 Å². The van der Waals surface area contributed by atoms with Gasteiger partial charge in [0.05, 0.1) is 0 Å². The Labute approximate surface area is 176 Å². The van der Waals surface area contributed by atoms with E-state index in [1.54, 1.807) is 0 Å². The van der Waals surface area contributed by atoms with Crippen molar-refractivity contribution < 1.29 is 51.4 Å². The van der Waals surface area contributed by atoms with E-state index in [0.717, 1.165) is 42.7 Å². The van der Waals surface area contributed by atoms with Gasteiger partial charge in [-0.2, -0.15) is 6.08 Å². The van der Waals surface area contributed by atoms with Crippen LogP contribution in [0.2, 0.25) is 0 Å². The minimum absolute atomic E-state index is 0. The third-order valence-corrected chi connectivity index (χ3v) is 3.61. The zero-order valence-electron chi connectivity index (χ0n) is 15.0. The van der Waals surface area contributed by atoms with E-state index < -0.39 is 0 Å². The minimum Gasteiger partial charge on any atom is -0.358 e. The van der Waals surface area contributed by atoms with Crippen molar-refractivity contribution in [1.29, 1.82) is 0 Å². The number of hydrogen-bond acceptors (Lipinski definition) is 0. The maximum atomic E-state index is 5.82. The summed E-state index contributed by atoms with van der Waals surface area (Å²) in [5, 5.41) is 0. The first-order chi connectivity index (χ1) is 9.52. The number of unbranched alkanes of at least 4 members (excludes halogenated alkanes) is 1. The van der Waals surface area contributed by atoms with Crippen LogP contribution in [0.3, 0.4) is 0 Å². The summed E-state index contributed by atoms with van der Waals surface area (Å²) >= 11 is 0. The van der Waals surface area contributed by atoms with Crippen LogP contribution in [-0.2, 0) is 0 Å². The Morgan fingerprint density at radius 2 is 2.00 bits per heavy atom. The summed E-state index contributed by atoms with van der Waals surface area (Å²) in [6.45, 7) is 18.5. The summed E-state index contributed by atoms with van der Waals surface area (Å²) in [4.78, 5) is 0. The van der Waals surface area contributed by atoms with E-state index in [1.165, 1.54) is 24.8 Å². The molecule has 114 valence electrons. The predicted octanol–water partition coefficient (Wildman–Crippen LogP) is 3.62. The van der Waals surface area contributed by atoms with Crippen LogP contribution in [0, 0.1) is 18.6 Å². The van der Waals surface area contributed by atoms with Gasteiger partial charge in [0.1, 0.15) is 0 Å². The largest absolute Gasteiger partial charge is 1.00 e. The van der Waals surface area contributed by atoms with E-state index in [9.17, 15) is 0 Å². The smallest absolute Gasteiger partial charge is 0.358 e. The van der Waals surface area contributed by atoms with Crippen molar-refractivity contribution in [2.45, 2.75) is 72.6 Å². The molecule has 0 aromatic rings. The number of allylic oxidation sites excluding steroid dienone is 6. The second-order valence-electron chi connectivity index (χ2n) is 5.71. The summed E-state index contributed by atoms with van der Waals surface area (Å²) in [7, 11) is 0. The molecule has 0 nitrogen and oxygen atoms in total. The third-order valence-electron chi connectivity index (χ3n) is 3.61. The molecule has 1 rings (SSSR count). The van der Waals surface area contributed by atoms with Crippen molar-refractivity contribution in [1.82, 2.24) is 0 Å². The first kappa shape index (κ1) is 23.9. The summed E-state index contributed by atoms with van der Waals surface area (Å²) in [6.07, 6.45) is 15.7. The van der Waals surface area contributed by atoms with Gasteiger partial charge in [0, 0.05) is 0 Å². The van der Waals surface area contributed by atoms with Gasteiger partial charge in [-0.05, 0) is 19.3 Å². The third kappa shape index (κ3) is 12.8. The first-order valence-electron chi connectivity index (χ1n) is 8.08. The van der Waals surface area contributed by atoms with Crippen LogP contribution < -0.4 is 51.4 Å². The second-order valence-corrected chi connectivity index (χ2v) is 5.71. The van der Waals surface area contributed by atoms with Crippen LogP contribution in [0.25, 0.3) is 0 Å². The molecule has 1 heteroatoms. The van der Waals surface area contributed by atoms with Crippen molar-refractivity contribution in [2.75, 3.05) is 0 Å². The molecule has 0 heterocycles. The Hall–Kier alpha value is 0.596. The van der Waals surface area contributed by atoms with Gasteiger partial charge in [-0.15, -0.1) is 6.42 Å². The van der Waals surface area contributed by atoms with E-state index in [0.29, 0.717) is 0 Å². The van der Waals surface area contributed by atoms with Gasteiger partial charge in [-0.3, -0.25) is 12.2 Å². The molecule has 0 saturated heterocycles. The molecule has 0 radical (unpaired) electrons. The Morgan fingerprint density at radius 1 is 1.33 bits per heavy atom. The van der Waals surface area contributed by atoms with Crippen molar-refractivity contribution in [2.24, 2.45) is 5.92 Å². The number of hydrogen-bond donors (Lipinski definition) is 0. The molecule has 0 aromatic heterocycles. The van der Waals surface area contributed by atoms with Crippen LogP contribution >= 0.6 is 0 Å². The molecule has 0 fully saturated rings. The second kappa shape index (κ2) is 15.5. The van der Waals surface area contributed by atoms with E-state index in [2.05, 4.69) is 52.5 Å². The van der Waals surface area contributed by atoms with Crippen molar-refractivity contribution in [3.63, 3.8) is 0 Å². The van der Waals surface area contributed by atoms with E-state index in [-0.39, 0.29) is 51.4 Å². The Balaban J connectivity index is 0. The molecule has 0 bridgehead atoms. The van der Waals surface area contributed by atoms with Gasteiger partial charge in [-0.25, -0.2) is 0 Å². The molecule has 1 atom stereocenters. The van der Waals surface area contributed by atoms with E-state index in [4.69, 9.17) is 6.58 Å². The summed E-state index contributed by atoms with van der Waals surface area (Å²) in [6, 6.07) is 0. The van der Waals surface area contributed by atoms with Crippen molar-refractivity contribution in [3.8, 4) is 0 Å². The molecule has 0 spiro atoms. The van der Waals surface area contributed by atoms with E-state index in [1.807, 2.05) is 0 Å². The Kier molecular flexibility index (Phi) is 17.6. The predicted molar refractivity (Wildman–Crippen MR) is 91.4 cm³/mol. The normalized spacial score (nSPS) is 14.2. The summed E-state index contributed by atoms with van der Waals surface area (Å²) in [5.74, 6) is 0.727. The molecule has 1 unspecified atom stereocenters. The van der Waals surface area contributed by atoms with Gasteiger partial charge < -0.3 is 17.7 Å². The molecule has 1 aliphatic rings. The standard InChI is InChI=1S/C11H14.C9H18.K/c1-3-7-10(2)11-8-5-4-6-9-11;1-5-6-7-9(4)8(2)3;/h2,5,9H,3-4,6-7H2,1H3;9H,2,5-7H2,1,3-4H3;/q-2;;+1. The fourth-order valence-corrected chi connectivity index (χ4v) is 1.94. The van der Waals surface area contributed by atoms with Crippen molar-refractivity contribution >= 4 is 0 Å².